The molecule has 0 saturated carbocycles. The maximum Gasteiger partial charge on any atom is 0.425 e. The summed E-state index contributed by atoms with van der Waals surface area (Å²) < 4.78 is 100. The van der Waals surface area contributed by atoms with Gasteiger partial charge < -0.3 is 0 Å². The van der Waals surface area contributed by atoms with E-state index in [4.69, 9.17) is 0 Å². The zero-order chi connectivity index (χ0) is 18.2. The molecule has 0 N–H and O–H groups in total. The standard InChI is InChI=1S/C10H7F6N5O2S/c11-8(10(14,15)16)9(12,13)2-24(22,23)7-1-6(18-4-19-7)21-5-17-3-20-21/h1,3-5,8H,2H2. The quantitative estimate of drug-likeness (QED) is 0.579. The van der Waals surface area contributed by atoms with Gasteiger partial charge in [0.05, 0.1) is 0 Å². The van der Waals surface area contributed by atoms with Gasteiger partial charge in [-0.1, -0.05) is 0 Å². The van der Waals surface area contributed by atoms with E-state index < -0.39 is 38.9 Å². The van der Waals surface area contributed by atoms with Crippen molar-refractivity contribution < 1.29 is 34.8 Å². The minimum atomic E-state index is -5.91. The third kappa shape index (κ3) is 3.80. The maximum atomic E-state index is 13.3. The van der Waals surface area contributed by atoms with Crippen LogP contribution in [0.5, 0.6) is 0 Å². The minimum absolute atomic E-state index is 0.183. The van der Waals surface area contributed by atoms with E-state index in [1.165, 1.54) is 0 Å². The third-order valence-electron chi connectivity index (χ3n) is 2.64. The largest absolute Gasteiger partial charge is 0.425 e. The van der Waals surface area contributed by atoms with Gasteiger partial charge in [-0.2, -0.15) is 18.3 Å². The van der Waals surface area contributed by atoms with E-state index in [1.807, 2.05) is 0 Å². The van der Waals surface area contributed by atoms with Crippen molar-refractivity contribution in [2.75, 3.05) is 5.75 Å². The van der Waals surface area contributed by atoms with Gasteiger partial charge in [-0.3, -0.25) is 0 Å². The lowest BCUT2D eigenvalue weighted by Gasteiger charge is -2.22. The Morgan fingerprint density at radius 3 is 2.33 bits per heavy atom. The van der Waals surface area contributed by atoms with Crippen LogP contribution in [0.15, 0.2) is 30.1 Å². The lowest BCUT2D eigenvalue weighted by Crippen LogP contribution is -2.46. The van der Waals surface area contributed by atoms with Crippen LogP contribution in [0.1, 0.15) is 0 Å². The number of sulfone groups is 1. The van der Waals surface area contributed by atoms with E-state index in [0.717, 1.165) is 17.3 Å². The fraction of sp³-hybridized carbons (Fsp3) is 0.400. The Labute approximate surface area is 130 Å². The zero-order valence-corrected chi connectivity index (χ0v) is 12.1. The summed E-state index contributed by atoms with van der Waals surface area (Å²) in [4.78, 5) is 10.4. The van der Waals surface area contributed by atoms with E-state index >= 15 is 0 Å². The highest BCUT2D eigenvalue weighted by atomic mass is 32.2. The summed E-state index contributed by atoms with van der Waals surface area (Å²) in [6.45, 7) is 0. The highest BCUT2D eigenvalue weighted by Crippen LogP contribution is 2.36. The van der Waals surface area contributed by atoms with Crippen molar-refractivity contribution in [2.24, 2.45) is 0 Å². The average Bonchev–Trinajstić information content (AvgIpc) is 2.99. The highest BCUT2D eigenvalue weighted by molar-refractivity contribution is 7.91. The van der Waals surface area contributed by atoms with E-state index in [2.05, 4.69) is 20.1 Å². The Kier molecular flexibility index (Phi) is 4.52. The SMILES string of the molecule is O=S(=O)(CC(F)(F)C(F)C(F)(F)F)c1cc(-n2cncn2)ncn1. The van der Waals surface area contributed by atoms with Gasteiger partial charge in [0.2, 0.25) is 9.84 Å². The predicted molar refractivity (Wildman–Crippen MR) is 64.9 cm³/mol. The predicted octanol–water partition coefficient (Wildman–Crippen LogP) is 1.37. The van der Waals surface area contributed by atoms with Crippen LogP contribution in [0.3, 0.4) is 0 Å². The molecule has 0 aliphatic carbocycles. The van der Waals surface area contributed by atoms with Crippen LogP contribution in [0.4, 0.5) is 26.3 Å². The van der Waals surface area contributed by atoms with Gasteiger partial charge in [0, 0.05) is 6.07 Å². The second-order valence-corrected chi connectivity index (χ2v) is 6.42. The lowest BCUT2D eigenvalue weighted by atomic mass is 10.2. The molecule has 7 nitrogen and oxygen atoms in total. The van der Waals surface area contributed by atoms with Gasteiger partial charge in [0.15, 0.2) is 10.8 Å². The van der Waals surface area contributed by atoms with Crippen molar-refractivity contribution in [3.05, 3.63) is 25.0 Å². The van der Waals surface area contributed by atoms with Crippen LogP contribution < -0.4 is 0 Å². The van der Waals surface area contributed by atoms with Gasteiger partial charge in [0.1, 0.15) is 24.7 Å². The third-order valence-corrected chi connectivity index (χ3v) is 4.27. The summed E-state index contributed by atoms with van der Waals surface area (Å²) in [7, 11) is -5.04. The van der Waals surface area contributed by atoms with Gasteiger partial charge in [-0.25, -0.2) is 41.2 Å². The molecule has 1 unspecified atom stereocenters. The van der Waals surface area contributed by atoms with Crippen molar-refractivity contribution in [1.29, 1.82) is 0 Å². The van der Waals surface area contributed by atoms with Crippen molar-refractivity contribution in [3.8, 4) is 5.82 Å². The topological polar surface area (TPSA) is 90.6 Å². The molecule has 0 saturated heterocycles. The molecule has 2 aromatic heterocycles. The average molecular weight is 375 g/mol. The summed E-state index contributed by atoms with van der Waals surface area (Å²) in [6.07, 6.45) is -7.68. The van der Waals surface area contributed by atoms with Crippen LogP contribution >= 0.6 is 0 Å². The van der Waals surface area contributed by atoms with Crippen LogP contribution in [0.2, 0.25) is 0 Å². The van der Waals surface area contributed by atoms with Crippen molar-refractivity contribution in [1.82, 2.24) is 24.7 Å². The second-order valence-electron chi connectivity index (χ2n) is 4.48. The molecule has 2 rings (SSSR count). The minimum Gasteiger partial charge on any atom is -0.231 e. The second kappa shape index (κ2) is 5.99. The Hall–Kier alpha value is -2.25. The van der Waals surface area contributed by atoms with Gasteiger partial charge >= 0.3 is 12.1 Å². The molecular weight excluding hydrogens is 368 g/mol. The fourth-order valence-electron chi connectivity index (χ4n) is 1.59. The van der Waals surface area contributed by atoms with E-state index in [9.17, 15) is 34.8 Å². The smallest absolute Gasteiger partial charge is 0.231 e. The molecule has 0 fully saturated rings. The summed E-state index contributed by atoms with van der Waals surface area (Å²) in [5.41, 5.74) is 0. The first-order valence-electron chi connectivity index (χ1n) is 5.92. The number of halogens is 6. The normalized spacial score (nSPS) is 14.6. The first kappa shape index (κ1) is 18.1. The first-order valence-corrected chi connectivity index (χ1v) is 7.57. The van der Waals surface area contributed by atoms with Gasteiger partial charge in [0.25, 0.3) is 6.17 Å². The molecule has 0 amide bonds. The molecule has 0 spiro atoms. The molecule has 0 radical (unpaired) electrons. The van der Waals surface area contributed by atoms with Gasteiger partial charge in [-0.05, 0) is 0 Å². The van der Waals surface area contributed by atoms with E-state index in [1.54, 1.807) is 0 Å². The number of aromatic nitrogens is 5. The highest BCUT2D eigenvalue weighted by Gasteiger charge is 2.58. The Morgan fingerprint density at radius 2 is 1.79 bits per heavy atom. The van der Waals surface area contributed by atoms with Crippen LogP contribution in [-0.2, 0) is 9.84 Å². The molecule has 0 aliphatic heterocycles. The molecule has 0 aliphatic rings. The first-order chi connectivity index (χ1) is 10.9. The number of rotatable bonds is 5. The monoisotopic (exact) mass is 375 g/mol. The van der Waals surface area contributed by atoms with E-state index in [0.29, 0.717) is 12.4 Å². The molecule has 2 aromatic rings. The number of hydrogen-bond acceptors (Lipinski definition) is 6. The van der Waals surface area contributed by atoms with Crippen LogP contribution in [0.25, 0.3) is 5.82 Å². The van der Waals surface area contributed by atoms with Crippen molar-refractivity contribution >= 4 is 9.84 Å². The Morgan fingerprint density at radius 1 is 1.12 bits per heavy atom. The maximum absolute atomic E-state index is 13.3. The lowest BCUT2D eigenvalue weighted by molar-refractivity contribution is -0.237. The molecule has 14 heteroatoms. The summed E-state index contributed by atoms with van der Waals surface area (Å²) >= 11 is 0. The zero-order valence-electron chi connectivity index (χ0n) is 11.3. The molecular formula is C10H7F6N5O2S. The Balaban J connectivity index is 2.33. The summed E-state index contributed by atoms with van der Waals surface area (Å²) in [5.74, 6) is -7.78. The summed E-state index contributed by atoms with van der Waals surface area (Å²) in [5, 5.41) is 2.61. The van der Waals surface area contributed by atoms with Crippen LogP contribution in [0, 0.1) is 0 Å². The molecule has 0 bridgehead atoms. The van der Waals surface area contributed by atoms with E-state index in [-0.39, 0.29) is 5.82 Å². The molecule has 2 heterocycles. The molecule has 24 heavy (non-hydrogen) atoms. The van der Waals surface area contributed by atoms with Gasteiger partial charge in [-0.15, -0.1) is 0 Å². The number of nitrogens with zero attached hydrogens (tertiary/aromatic N) is 5. The molecule has 0 aromatic carbocycles. The number of hydrogen-bond donors (Lipinski definition) is 0. The fourth-order valence-corrected chi connectivity index (χ4v) is 2.89. The molecule has 132 valence electrons. The van der Waals surface area contributed by atoms with Crippen LogP contribution in [-0.4, -0.2) is 57.2 Å². The van der Waals surface area contributed by atoms with Crippen molar-refractivity contribution in [3.63, 3.8) is 0 Å². The summed E-state index contributed by atoms with van der Waals surface area (Å²) in [6, 6.07) is 0.695. The van der Waals surface area contributed by atoms with Crippen molar-refractivity contribution in [2.45, 2.75) is 23.3 Å². The molecule has 1 atom stereocenters. The Bertz CT molecular complexity index is 807. The number of alkyl halides is 6.